The van der Waals surface area contributed by atoms with Gasteiger partial charge in [0.05, 0.1) is 11.5 Å². The summed E-state index contributed by atoms with van der Waals surface area (Å²) < 4.78 is 33.1. The van der Waals surface area contributed by atoms with Crippen molar-refractivity contribution < 1.29 is 13.2 Å². The Balaban J connectivity index is 2.17. The first kappa shape index (κ1) is 16.3. The molecule has 3 N–H and O–H groups in total. The SMILES string of the molecule is CCOc1ccc(S(=O)(=O)NC2CCCCC2N)cc1C. The monoisotopic (exact) mass is 312 g/mol. The van der Waals surface area contributed by atoms with Gasteiger partial charge in [0.25, 0.3) is 0 Å². The molecule has 2 unspecified atom stereocenters. The summed E-state index contributed by atoms with van der Waals surface area (Å²) in [4.78, 5) is 0.265. The van der Waals surface area contributed by atoms with Crippen molar-refractivity contribution in [2.75, 3.05) is 6.61 Å². The molecule has 2 rings (SSSR count). The lowest BCUT2D eigenvalue weighted by molar-refractivity contribution is 0.337. The first-order chi connectivity index (χ1) is 9.94. The molecule has 0 bridgehead atoms. The molecule has 0 amide bonds. The molecule has 1 aromatic rings. The summed E-state index contributed by atoms with van der Waals surface area (Å²) in [7, 11) is -3.53. The fraction of sp³-hybridized carbons (Fsp3) is 0.600. The quantitative estimate of drug-likeness (QED) is 0.870. The third-order valence-electron chi connectivity index (χ3n) is 3.88. The van der Waals surface area contributed by atoms with Crippen molar-refractivity contribution in [3.63, 3.8) is 0 Å². The van der Waals surface area contributed by atoms with Gasteiger partial charge in [-0.3, -0.25) is 0 Å². The Morgan fingerprint density at radius 1 is 1.33 bits per heavy atom. The van der Waals surface area contributed by atoms with Crippen LogP contribution in [0.25, 0.3) is 0 Å². The molecule has 0 aromatic heterocycles. The van der Waals surface area contributed by atoms with E-state index in [0.717, 1.165) is 31.2 Å². The summed E-state index contributed by atoms with van der Waals surface area (Å²) in [5.41, 5.74) is 6.82. The van der Waals surface area contributed by atoms with Gasteiger partial charge >= 0.3 is 0 Å². The Kier molecular flexibility index (Phi) is 5.24. The standard InChI is InChI=1S/C15H24N2O3S/c1-3-20-15-9-8-12(10-11(15)2)21(18,19)17-14-7-5-4-6-13(14)16/h8-10,13-14,17H,3-7,16H2,1-2H3. The third kappa shape index (κ3) is 3.96. The van der Waals surface area contributed by atoms with Gasteiger partial charge in [-0.05, 0) is 50.5 Å². The van der Waals surface area contributed by atoms with Crippen LogP contribution in [-0.4, -0.2) is 27.1 Å². The zero-order chi connectivity index (χ0) is 15.5. The predicted molar refractivity (Wildman–Crippen MR) is 82.9 cm³/mol. The van der Waals surface area contributed by atoms with Gasteiger partial charge in [-0.1, -0.05) is 12.8 Å². The van der Waals surface area contributed by atoms with E-state index in [1.807, 2.05) is 13.8 Å². The fourth-order valence-electron chi connectivity index (χ4n) is 2.68. The maximum absolute atomic E-state index is 12.5. The molecule has 1 aliphatic carbocycles. The number of benzene rings is 1. The predicted octanol–water partition coefficient (Wildman–Crippen LogP) is 1.94. The second kappa shape index (κ2) is 6.77. The minimum atomic E-state index is -3.53. The Morgan fingerprint density at radius 2 is 2.05 bits per heavy atom. The lowest BCUT2D eigenvalue weighted by Crippen LogP contribution is -2.49. The van der Waals surface area contributed by atoms with Crippen molar-refractivity contribution in [3.05, 3.63) is 23.8 Å². The molecule has 0 heterocycles. The maximum Gasteiger partial charge on any atom is 0.240 e. The zero-order valence-electron chi connectivity index (χ0n) is 12.6. The molecule has 1 saturated carbocycles. The van der Waals surface area contributed by atoms with Crippen molar-refractivity contribution in [1.82, 2.24) is 4.72 Å². The van der Waals surface area contributed by atoms with Crippen molar-refractivity contribution in [2.45, 2.75) is 56.5 Å². The van der Waals surface area contributed by atoms with Crippen molar-refractivity contribution in [3.8, 4) is 5.75 Å². The normalized spacial score (nSPS) is 23.0. The highest BCUT2D eigenvalue weighted by molar-refractivity contribution is 7.89. The molecule has 0 radical (unpaired) electrons. The molecule has 1 aromatic carbocycles. The maximum atomic E-state index is 12.5. The van der Waals surface area contributed by atoms with E-state index in [9.17, 15) is 8.42 Å². The van der Waals surface area contributed by atoms with Gasteiger partial charge in [0.2, 0.25) is 10.0 Å². The van der Waals surface area contributed by atoms with Crippen molar-refractivity contribution >= 4 is 10.0 Å². The van der Waals surface area contributed by atoms with E-state index in [1.54, 1.807) is 18.2 Å². The zero-order valence-corrected chi connectivity index (χ0v) is 13.4. The van der Waals surface area contributed by atoms with Gasteiger partial charge in [-0.2, -0.15) is 0 Å². The van der Waals surface area contributed by atoms with E-state index in [0.29, 0.717) is 12.4 Å². The highest BCUT2D eigenvalue weighted by atomic mass is 32.2. The number of rotatable bonds is 5. The smallest absolute Gasteiger partial charge is 0.240 e. The largest absolute Gasteiger partial charge is 0.494 e. The Labute approximate surface area is 126 Å². The van der Waals surface area contributed by atoms with Crippen LogP contribution < -0.4 is 15.2 Å². The van der Waals surface area contributed by atoms with Gasteiger partial charge in [-0.25, -0.2) is 13.1 Å². The molecule has 0 spiro atoms. The number of nitrogens with two attached hydrogens (primary N) is 1. The first-order valence-corrected chi connectivity index (χ1v) is 8.93. The minimum absolute atomic E-state index is 0.0997. The topological polar surface area (TPSA) is 81.4 Å². The molecule has 0 saturated heterocycles. The minimum Gasteiger partial charge on any atom is -0.494 e. The van der Waals surface area contributed by atoms with Gasteiger partial charge in [-0.15, -0.1) is 0 Å². The summed E-state index contributed by atoms with van der Waals surface area (Å²) in [6, 6.07) is 4.65. The summed E-state index contributed by atoms with van der Waals surface area (Å²) in [5.74, 6) is 0.714. The second-order valence-corrected chi connectivity index (χ2v) is 7.25. The average molecular weight is 312 g/mol. The Morgan fingerprint density at radius 3 is 2.67 bits per heavy atom. The van der Waals surface area contributed by atoms with Crippen molar-refractivity contribution in [2.24, 2.45) is 5.73 Å². The van der Waals surface area contributed by atoms with E-state index in [4.69, 9.17) is 10.5 Å². The van der Waals surface area contributed by atoms with Crippen LogP contribution in [0.5, 0.6) is 5.75 Å². The second-order valence-electron chi connectivity index (χ2n) is 5.54. The summed E-state index contributed by atoms with van der Waals surface area (Å²) >= 11 is 0. The van der Waals surface area contributed by atoms with E-state index in [1.165, 1.54) is 0 Å². The molecular formula is C15H24N2O3S. The summed E-state index contributed by atoms with van der Waals surface area (Å²) in [6.45, 7) is 4.30. The lowest BCUT2D eigenvalue weighted by atomic mass is 9.92. The van der Waals surface area contributed by atoms with Crippen LogP contribution in [0.2, 0.25) is 0 Å². The van der Waals surface area contributed by atoms with Gasteiger partial charge < -0.3 is 10.5 Å². The first-order valence-electron chi connectivity index (χ1n) is 7.45. The lowest BCUT2D eigenvalue weighted by Gasteiger charge is -2.29. The molecule has 1 aliphatic rings. The molecule has 21 heavy (non-hydrogen) atoms. The highest BCUT2D eigenvalue weighted by Gasteiger charge is 2.27. The van der Waals surface area contributed by atoms with Crippen LogP contribution in [0.3, 0.4) is 0 Å². The van der Waals surface area contributed by atoms with Crippen molar-refractivity contribution in [1.29, 1.82) is 0 Å². The number of ether oxygens (including phenoxy) is 1. The summed E-state index contributed by atoms with van der Waals surface area (Å²) in [6.07, 6.45) is 3.76. The summed E-state index contributed by atoms with van der Waals surface area (Å²) in [5, 5.41) is 0. The van der Waals surface area contributed by atoms with Crippen LogP contribution in [-0.2, 0) is 10.0 Å². The number of aryl methyl sites for hydroxylation is 1. The average Bonchev–Trinajstić information content (AvgIpc) is 2.43. The van der Waals surface area contributed by atoms with E-state index in [-0.39, 0.29) is 17.0 Å². The molecule has 1 fully saturated rings. The Bertz CT molecular complexity index is 587. The third-order valence-corrected chi connectivity index (χ3v) is 5.37. The highest BCUT2D eigenvalue weighted by Crippen LogP contribution is 2.23. The molecule has 6 heteroatoms. The van der Waals surface area contributed by atoms with E-state index >= 15 is 0 Å². The molecule has 118 valence electrons. The molecule has 5 nitrogen and oxygen atoms in total. The van der Waals surface area contributed by atoms with Crippen LogP contribution >= 0.6 is 0 Å². The number of nitrogens with one attached hydrogen (secondary N) is 1. The van der Waals surface area contributed by atoms with Crippen LogP contribution in [0, 0.1) is 6.92 Å². The molecular weight excluding hydrogens is 288 g/mol. The van der Waals surface area contributed by atoms with E-state index in [2.05, 4.69) is 4.72 Å². The number of hydrogen-bond acceptors (Lipinski definition) is 4. The van der Waals surface area contributed by atoms with Crippen LogP contribution in [0.1, 0.15) is 38.2 Å². The number of sulfonamides is 1. The van der Waals surface area contributed by atoms with Gasteiger partial charge in [0.15, 0.2) is 0 Å². The van der Waals surface area contributed by atoms with Gasteiger partial charge in [0.1, 0.15) is 5.75 Å². The number of hydrogen-bond donors (Lipinski definition) is 2. The fourth-order valence-corrected chi connectivity index (χ4v) is 4.09. The van der Waals surface area contributed by atoms with Crippen LogP contribution in [0.15, 0.2) is 23.1 Å². The molecule has 2 atom stereocenters. The van der Waals surface area contributed by atoms with Crippen LogP contribution in [0.4, 0.5) is 0 Å². The molecule has 0 aliphatic heterocycles. The van der Waals surface area contributed by atoms with Gasteiger partial charge in [0, 0.05) is 12.1 Å². The Hall–Kier alpha value is -1.11. The van der Waals surface area contributed by atoms with E-state index < -0.39 is 10.0 Å².